The van der Waals surface area contributed by atoms with E-state index in [9.17, 15) is 0 Å². The van der Waals surface area contributed by atoms with Crippen LogP contribution in [0.3, 0.4) is 0 Å². The molecule has 0 fully saturated rings. The molecule has 0 spiro atoms. The van der Waals surface area contributed by atoms with Gasteiger partial charge in [0.25, 0.3) is 0 Å². The van der Waals surface area contributed by atoms with Gasteiger partial charge in [-0.3, -0.25) is 0 Å². The zero-order valence-corrected chi connectivity index (χ0v) is 11.1. The molecule has 3 heterocycles. The van der Waals surface area contributed by atoms with Crippen LogP contribution in [0.4, 0.5) is 0 Å². The molecule has 0 aliphatic heterocycles. The summed E-state index contributed by atoms with van der Waals surface area (Å²) in [6.07, 6.45) is 2.93. The molecule has 0 aliphatic carbocycles. The summed E-state index contributed by atoms with van der Waals surface area (Å²) in [5.41, 5.74) is 10.2. The fraction of sp³-hybridized carbons (Fsp3) is 0.214. The maximum Gasteiger partial charge on any atom is 0.137 e. The van der Waals surface area contributed by atoms with Crippen molar-refractivity contribution in [1.29, 1.82) is 0 Å². The number of aryl methyl sites for hydroxylation is 1. The molecular weight excluding hydrogens is 242 g/mol. The van der Waals surface area contributed by atoms with Gasteiger partial charge in [-0.2, -0.15) is 0 Å². The molecule has 0 saturated heterocycles. The smallest absolute Gasteiger partial charge is 0.137 e. The van der Waals surface area contributed by atoms with Gasteiger partial charge in [-0.15, -0.1) is 11.3 Å². The minimum absolute atomic E-state index is 0.639. The van der Waals surface area contributed by atoms with E-state index in [4.69, 9.17) is 10.7 Å². The van der Waals surface area contributed by atoms with Gasteiger partial charge in [0.1, 0.15) is 11.3 Å². The van der Waals surface area contributed by atoms with Crippen molar-refractivity contribution in [2.75, 3.05) is 6.54 Å². The topological polar surface area (TPSA) is 43.3 Å². The van der Waals surface area contributed by atoms with Crippen molar-refractivity contribution in [2.24, 2.45) is 5.73 Å². The first-order valence-electron chi connectivity index (χ1n) is 6.01. The molecule has 0 aliphatic rings. The molecule has 92 valence electrons. The van der Waals surface area contributed by atoms with Crippen LogP contribution in [-0.2, 0) is 6.42 Å². The maximum atomic E-state index is 5.73. The third kappa shape index (κ3) is 1.83. The average molecular weight is 257 g/mol. The van der Waals surface area contributed by atoms with Crippen LogP contribution in [0, 0.1) is 6.92 Å². The van der Waals surface area contributed by atoms with E-state index in [1.807, 2.05) is 0 Å². The number of imidazole rings is 1. The van der Waals surface area contributed by atoms with Crippen LogP contribution < -0.4 is 5.73 Å². The van der Waals surface area contributed by atoms with Crippen molar-refractivity contribution in [2.45, 2.75) is 13.3 Å². The number of nitrogens with two attached hydrogens (primary N) is 1. The first-order chi connectivity index (χ1) is 8.79. The number of rotatable bonds is 3. The largest absolute Gasteiger partial charge is 0.330 e. The summed E-state index contributed by atoms with van der Waals surface area (Å²) < 4.78 is 2.15. The van der Waals surface area contributed by atoms with Gasteiger partial charge in [-0.25, -0.2) is 4.98 Å². The summed E-state index contributed by atoms with van der Waals surface area (Å²) in [6.45, 7) is 2.72. The Kier molecular flexibility index (Phi) is 2.89. The molecule has 0 aromatic carbocycles. The molecule has 18 heavy (non-hydrogen) atoms. The minimum Gasteiger partial charge on any atom is -0.330 e. The number of nitrogens with zero attached hydrogens (tertiary/aromatic N) is 2. The van der Waals surface area contributed by atoms with E-state index in [0.29, 0.717) is 6.54 Å². The van der Waals surface area contributed by atoms with Crippen molar-refractivity contribution in [1.82, 2.24) is 9.38 Å². The van der Waals surface area contributed by atoms with Crippen LogP contribution in [0.15, 0.2) is 35.8 Å². The predicted octanol–water partition coefficient (Wildman–Crippen LogP) is 2.87. The lowest BCUT2D eigenvalue weighted by atomic mass is 10.2. The highest BCUT2D eigenvalue weighted by Crippen LogP contribution is 2.28. The second-order valence-electron chi connectivity index (χ2n) is 4.36. The highest BCUT2D eigenvalue weighted by atomic mass is 32.1. The van der Waals surface area contributed by atoms with Gasteiger partial charge >= 0.3 is 0 Å². The summed E-state index contributed by atoms with van der Waals surface area (Å²) in [7, 11) is 0. The Balaban J connectivity index is 2.26. The monoisotopic (exact) mass is 257 g/mol. The van der Waals surface area contributed by atoms with Crippen LogP contribution in [-0.4, -0.2) is 15.9 Å². The Morgan fingerprint density at radius 3 is 3.00 bits per heavy atom. The Morgan fingerprint density at radius 1 is 1.39 bits per heavy atom. The fourth-order valence-corrected chi connectivity index (χ4v) is 2.92. The number of pyridine rings is 1. The first kappa shape index (κ1) is 11.4. The molecule has 0 bridgehead atoms. The zero-order chi connectivity index (χ0) is 12.5. The van der Waals surface area contributed by atoms with E-state index in [1.54, 1.807) is 11.3 Å². The van der Waals surface area contributed by atoms with Gasteiger partial charge < -0.3 is 10.1 Å². The Labute approximate surface area is 110 Å². The maximum absolute atomic E-state index is 5.73. The normalized spacial score (nSPS) is 11.2. The fourth-order valence-electron chi connectivity index (χ4n) is 2.18. The quantitative estimate of drug-likeness (QED) is 0.784. The molecule has 0 amide bonds. The van der Waals surface area contributed by atoms with E-state index in [-0.39, 0.29) is 0 Å². The van der Waals surface area contributed by atoms with Crippen molar-refractivity contribution < 1.29 is 0 Å². The van der Waals surface area contributed by atoms with Crippen LogP contribution in [0.25, 0.3) is 16.2 Å². The third-order valence-electron chi connectivity index (χ3n) is 3.02. The molecule has 0 atom stereocenters. The summed E-state index contributed by atoms with van der Waals surface area (Å²) in [4.78, 5) is 5.96. The molecule has 2 N–H and O–H groups in total. The molecule has 4 heteroatoms. The molecule has 3 aromatic rings. The van der Waals surface area contributed by atoms with Gasteiger partial charge in [0.2, 0.25) is 0 Å². The van der Waals surface area contributed by atoms with E-state index in [1.165, 1.54) is 16.1 Å². The highest BCUT2D eigenvalue weighted by Gasteiger charge is 2.13. The molecule has 0 saturated carbocycles. The average Bonchev–Trinajstić information content (AvgIpc) is 2.97. The lowest BCUT2D eigenvalue weighted by Crippen LogP contribution is -2.06. The molecule has 3 nitrogen and oxygen atoms in total. The number of hydrogen-bond acceptors (Lipinski definition) is 3. The lowest BCUT2D eigenvalue weighted by Gasteiger charge is -2.02. The van der Waals surface area contributed by atoms with Crippen molar-refractivity contribution in [3.8, 4) is 10.6 Å². The van der Waals surface area contributed by atoms with Gasteiger partial charge in [-0.05, 0) is 42.6 Å². The second-order valence-corrected chi connectivity index (χ2v) is 5.30. The molecule has 3 aromatic heterocycles. The Morgan fingerprint density at radius 2 is 2.28 bits per heavy atom. The summed E-state index contributed by atoms with van der Waals surface area (Å²) in [5, 5.41) is 2.08. The van der Waals surface area contributed by atoms with E-state index in [2.05, 4.69) is 47.2 Å². The SMILES string of the molecule is Cc1ccn2c(CCN)c(-c3cccs3)nc2c1. The van der Waals surface area contributed by atoms with E-state index >= 15 is 0 Å². The minimum atomic E-state index is 0.639. The third-order valence-corrected chi connectivity index (χ3v) is 3.89. The second kappa shape index (κ2) is 4.55. The number of thiophene rings is 1. The predicted molar refractivity (Wildman–Crippen MR) is 76.0 cm³/mol. The molecular formula is C14H15N3S. The number of aromatic nitrogens is 2. The summed E-state index contributed by atoms with van der Waals surface area (Å²) in [5.74, 6) is 0. The van der Waals surface area contributed by atoms with Crippen LogP contribution in [0.5, 0.6) is 0 Å². The first-order valence-corrected chi connectivity index (χ1v) is 6.89. The summed E-state index contributed by atoms with van der Waals surface area (Å²) in [6, 6.07) is 8.38. The Hall–Kier alpha value is -1.65. The highest BCUT2D eigenvalue weighted by molar-refractivity contribution is 7.13. The van der Waals surface area contributed by atoms with Gasteiger partial charge in [0.15, 0.2) is 0 Å². The lowest BCUT2D eigenvalue weighted by molar-refractivity contribution is 0.907. The van der Waals surface area contributed by atoms with E-state index < -0.39 is 0 Å². The van der Waals surface area contributed by atoms with Crippen molar-refractivity contribution in [3.63, 3.8) is 0 Å². The summed E-state index contributed by atoms with van der Waals surface area (Å²) >= 11 is 1.72. The van der Waals surface area contributed by atoms with Crippen molar-refractivity contribution >= 4 is 17.0 Å². The molecule has 0 unspecified atom stereocenters. The van der Waals surface area contributed by atoms with Crippen molar-refractivity contribution in [3.05, 3.63) is 47.1 Å². The van der Waals surface area contributed by atoms with Gasteiger partial charge in [0.05, 0.1) is 10.6 Å². The zero-order valence-electron chi connectivity index (χ0n) is 10.3. The molecule has 3 rings (SSSR count). The van der Waals surface area contributed by atoms with Crippen LogP contribution in [0.2, 0.25) is 0 Å². The van der Waals surface area contributed by atoms with Crippen LogP contribution >= 0.6 is 11.3 Å². The van der Waals surface area contributed by atoms with Gasteiger partial charge in [-0.1, -0.05) is 6.07 Å². The number of fused-ring (bicyclic) bond motifs is 1. The number of hydrogen-bond donors (Lipinski definition) is 1. The standard InChI is InChI=1S/C14H15N3S/c1-10-5-7-17-11(4-6-15)14(16-13(17)9-10)12-3-2-8-18-12/h2-3,5,7-9H,4,6,15H2,1H3. The van der Waals surface area contributed by atoms with E-state index in [0.717, 1.165) is 17.8 Å². The Bertz CT molecular complexity index is 668. The van der Waals surface area contributed by atoms with Gasteiger partial charge in [0, 0.05) is 12.6 Å². The molecule has 0 radical (unpaired) electrons. The van der Waals surface area contributed by atoms with Crippen LogP contribution in [0.1, 0.15) is 11.3 Å².